The lowest BCUT2D eigenvalue weighted by atomic mass is 10.0. The Bertz CT molecular complexity index is 614. The quantitative estimate of drug-likeness (QED) is 0.246. The predicted molar refractivity (Wildman–Crippen MR) is 118 cm³/mol. The standard InChI is InChI=1S/C18H31N3O2S.HI/c1-15(2)17-10-8-16(9-11-17)7-5-12-20-18(19-3)21-13-6-14-24(4,22)23;/h8-11,15H,5-7,12-14H2,1-4H3,(H2,19,20,21);1H. The van der Waals surface area contributed by atoms with Crippen molar-refractivity contribution in [1.29, 1.82) is 0 Å². The molecule has 0 atom stereocenters. The highest BCUT2D eigenvalue weighted by Gasteiger charge is 2.03. The van der Waals surface area contributed by atoms with Gasteiger partial charge >= 0.3 is 0 Å². The summed E-state index contributed by atoms with van der Waals surface area (Å²) in [6.07, 6.45) is 3.89. The number of nitrogens with one attached hydrogen (secondary N) is 2. The van der Waals surface area contributed by atoms with Gasteiger partial charge in [0, 0.05) is 26.4 Å². The topological polar surface area (TPSA) is 70.6 Å². The molecular formula is C18H32IN3O2S. The van der Waals surface area contributed by atoms with Crippen LogP contribution in [0.15, 0.2) is 29.3 Å². The van der Waals surface area contributed by atoms with E-state index in [2.05, 4.69) is 53.7 Å². The highest BCUT2D eigenvalue weighted by molar-refractivity contribution is 14.0. The second-order valence-electron chi connectivity index (χ2n) is 6.41. The minimum atomic E-state index is -2.89. The van der Waals surface area contributed by atoms with Gasteiger partial charge in [-0.3, -0.25) is 4.99 Å². The fraction of sp³-hybridized carbons (Fsp3) is 0.611. The Morgan fingerprint density at radius 1 is 1.08 bits per heavy atom. The van der Waals surface area contributed by atoms with Crippen LogP contribution in [0.5, 0.6) is 0 Å². The number of rotatable bonds is 9. The van der Waals surface area contributed by atoms with E-state index in [0.717, 1.165) is 25.3 Å². The highest BCUT2D eigenvalue weighted by Crippen LogP contribution is 2.15. The molecule has 0 saturated carbocycles. The van der Waals surface area contributed by atoms with Crippen molar-refractivity contribution < 1.29 is 8.42 Å². The molecule has 0 saturated heterocycles. The van der Waals surface area contributed by atoms with Crippen molar-refractivity contribution in [3.05, 3.63) is 35.4 Å². The summed E-state index contributed by atoms with van der Waals surface area (Å²) in [4.78, 5) is 4.14. The minimum absolute atomic E-state index is 0. The second kappa shape index (κ2) is 12.5. The summed E-state index contributed by atoms with van der Waals surface area (Å²) in [5.41, 5.74) is 2.72. The zero-order chi connectivity index (χ0) is 18.0. The van der Waals surface area contributed by atoms with E-state index in [0.29, 0.717) is 18.9 Å². The molecule has 0 amide bonds. The Kier molecular flexibility index (Phi) is 12.1. The van der Waals surface area contributed by atoms with Crippen molar-refractivity contribution >= 4 is 39.8 Å². The van der Waals surface area contributed by atoms with Crippen LogP contribution in [0.4, 0.5) is 0 Å². The van der Waals surface area contributed by atoms with E-state index in [1.54, 1.807) is 7.05 Å². The Morgan fingerprint density at radius 3 is 2.12 bits per heavy atom. The number of halogens is 1. The van der Waals surface area contributed by atoms with Crippen molar-refractivity contribution in [2.75, 3.05) is 32.1 Å². The van der Waals surface area contributed by atoms with Gasteiger partial charge in [0.2, 0.25) is 0 Å². The first kappa shape index (κ1) is 24.2. The normalized spacial score (nSPS) is 12.0. The van der Waals surface area contributed by atoms with Crippen LogP contribution >= 0.6 is 24.0 Å². The molecule has 25 heavy (non-hydrogen) atoms. The van der Waals surface area contributed by atoms with Gasteiger partial charge in [0.15, 0.2) is 5.96 Å². The maximum atomic E-state index is 11.1. The summed E-state index contributed by atoms with van der Waals surface area (Å²) in [5, 5.41) is 6.39. The summed E-state index contributed by atoms with van der Waals surface area (Å²) in [6.45, 7) is 5.84. The van der Waals surface area contributed by atoms with Crippen LogP contribution in [0.25, 0.3) is 0 Å². The molecule has 0 fully saturated rings. The molecule has 0 spiro atoms. The van der Waals surface area contributed by atoms with Gasteiger partial charge in [-0.2, -0.15) is 0 Å². The molecule has 0 aliphatic rings. The number of guanidine groups is 1. The third kappa shape index (κ3) is 11.4. The average molecular weight is 481 g/mol. The maximum Gasteiger partial charge on any atom is 0.190 e. The van der Waals surface area contributed by atoms with Crippen molar-refractivity contribution in [2.45, 2.75) is 39.0 Å². The van der Waals surface area contributed by atoms with Crippen molar-refractivity contribution in [3.8, 4) is 0 Å². The van der Waals surface area contributed by atoms with E-state index in [1.165, 1.54) is 17.4 Å². The Morgan fingerprint density at radius 2 is 1.64 bits per heavy atom. The zero-order valence-electron chi connectivity index (χ0n) is 15.7. The smallest absolute Gasteiger partial charge is 0.190 e. The van der Waals surface area contributed by atoms with Crippen LogP contribution in [-0.2, 0) is 16.3 Å². The first-order valence-electron chi connectivity index (χ1n) is 8.53. The van der Waals surface area contributed by atoms with E-state index < -0.39 is 9.84 Å². The minimum Gasteiger partial charge on any atom is -0.356 e. The molecule has 0 aliphatic carbocycles. The van der Waals surface area contributed by atoms with Crippen LogP contribution in [0, 0.1) is 0 Å². The fourth-order valence-electron chi connectivity index (χ4n) is 2.33. The van der Waals surface area contributed by atoms with Gasteiger partial charge in [0.25, 0.3) is 0 Å². The van der Waals surface area contributed by atoms with Crippen LogP contribution < -0.4 is 10.6 Å². The third-order valence-electron chi connectivity index (χ3n) is 3.79. The lowest BCUT2D eigenvalue weighted by Gasteiger charge is -2.12. The van der Waals surface area contributed by atoms with Crippen LogP contribution in [-0.4, -0.2) is 46.5 Å². The van der Waals surface area contributed by atoms with E-state index in [1.807, 2.05) is 0 Å². The molecule has 0 unspecified atom stereocenters. The van der Waals surface area contributed by atoms with E-state index in [4.69, 9.17) is 0 Å². The molecule has 1 rings (SSSR count). The molecule has 1 aromatic carbocycles. The molecule has 0 radical (unpaired) electrons. The van der Waals surface area contributed by atoms with E-state index in [-0.39, 0.29) is 29.7 Å². The molecule has 0 aliphatic heterocycles. The maximum absolute atomic E-state index is 11.1. The van der Waals surface area contributed by atoms with E-state index in [9.17, 15) is 8.42 Å². The summed E-state index contributed by atoms with van der Waals surface area (Å²) in [7, 11) is -1.17. The van der Waals surface area contributed by atoms with Gasteiger partial charge in [0.05, 0.1) is 5.75 Å². The first-order valence-corrected chi connectivity index (χ1v) is 10.6. The monoisotopic (exact) mass is 481 g/mol. The van der Waals surface area contributed by atoms with Gasteiger partial charge in [-0.25, -0.2) is 8.42 Å². The number of nitrogens with zero attached hydrogens (tertiary/aromatic N) is 1. The molecule has 7 heteroatoms. The van der Waals surface area contributed by atoms with Gasteiger partial charge in [-0.05, 0) is 36.3 Å². The Labute approximate surface area is 170 Å². The Balaban J connectivity index is 0.00000576. The second-order valence-corrected chi connectivity index (χ2v) is 8.67. The Hall–Kier alpha value is -0.830. The first-order chi connectivity index (χ1) is 11.3. The van der Waals surface area contributed by atoms with Crippen molar-refractivity contribution in [1.82, 2.24) is 10.6 Å². The summed E-state index contributed by atoms with van der Waals surface area (Å²) in [6, 6.07) is 8.81. The predicted octanol–water partition coefficient (Wildman–Crippen LogP) is 2.96. The molecule has 0 heterocycles. The fourth-order valence-corrected chi connectivity index (χ4v) is 3.00. The summed E-state index contributed by atoms with van der Waals surface area (Å²) >= 11 is 0. The van der Waals surface area contributed by atoms with E-state index >= 15 is 0 Å². The number of aliphatic imine (C=N–C) groups is 1. The largest absolute Gasteiger partial charge is 0.356 e. The molecule has 0 bridgehead atoms. The number of aryl methyl sites for hydroxylation is 1. The van der Waals surface area contributed by atoms with Crippen LogP contribution in [0.1, 0.15) is 43.7 Å². The molecule has 2 N–H and O–H groups in total. The number of benzene rings is 1. The van der Waals surface area contributed by atoms with Gasteiger partial charge in [-0.15, -0.1) is 24.0 Å². The van der Waals surface area contributed by atoms with Crippen molar-refractivity contribution in [2.24, 2.45) is 4.99 Å². The molecule has 5 nitrogen and oxygen atoms in total. The van der Waals surface area contributed by atoms with Gasteiger partial charge in [0.1, 0.15) is 9.84 Å². The number of sulfone groups is 1. The molecule has 144 valence electrons. The van der Waals surface area contributed by atoms with Crippen LogP contribution in [0.3, 0.4) is 0 Å². The highest BCUT2D eigenvalue weighted by atomic mass is 127. The van der Waals surface area contributed by atoms with Crippen LogP contribution in [0.2, 0.25) is 0 Å². The number of hydrogen-bond donors (Lipinski definition) is 2. The molecule has 1 aromatic rings. The molecule has 0 aromatic heterocycles. The summed E-state index contributed by atoms with van der Waals surface area (Å²) in [5.74, 6) is 1.49. The zero-order valence-corrected chi connectivity index (χ0v) is 18.9. The van der Waals surface area contributed by atoms with Gasteiger partial charge < -0.3 is 10.6 Å². The lowest BCUT2D eigenvalue weighted by Crippen LogP contribution is -2.38. The third-order valence-corrected chi connectivity index (χ3v) is 4.82. The molecular weight excluding hydrogens is 449 g/mol. The van der Waals surface area contributed by atoms with Gasteiger partial charge in [-0.1, -0.05) is 38.1 Å². The van der Waals surface area contributed by atoms with Crippen molar-refractivity contribution in [3.63, 3.8) is 0 Å². The summed E-state index contributed by atoms with van der Waals surface area (Å²) < 4.78 is 22.2. The SMILES string of the molecule is CN=C(NCCCc1ccc(C(C)C)cc1)NCCCS(C)(=O)=O.I. The number of hydrogen-bond acceptors (Lipinski definition) is 3. The lowest BCUT2D eigenvalue weighted by molar-refractivity contribution is 0.598. The average Bonchev–Trinajstić information content (AvgIpc) is 2.52.